The Morgan fingerprint density at radius 1 is 0.500 bits per heavy atom. The SMILES string of the molecule is CCCCCCCCCCC(=O)NSSSSNC(=O)CCCCCCCCCC. The molecule has 0 aliphatic heterocycles. The van der Waals surface area contributed by atoms with Gasteiger partial charge in [0.2, 0.25) is 11.8 Å². The van der Waals surface area contributed by atoms with Gasteiger partial charge in [-0.2, -0.15) is 0 Å². The lowest BCUT2D eigenvalue weighted by atomic mass is 10.1. The predicted octanol–water partition coefficient (Wildman–Crippen LogP) is 8.79. The van der Waals surface area contributed by atoms with Crippen LogP contribution in [0, 0.1) is 0 Å². The van der Waals surface area contributed by atoms with Gasteiger partial charge in [-0.1, -0.05) is 104 Å². The summed E-state index contributed by atoms with van der Waals surface area (Å²) in [6.07, 6.45) is 21.1. The molecule has 0 rings (SSSR count). The van der Waals surface area contributed by atoms with Gasteiger partial charge >= 0.3 is 0 Å². The molecule has 4 nitrogen and oxygen atoms in total. The first kappa shape index (κ1) is 30.3. The van der Waals surface area contributed by atoms with Crippen LogP contribution in [0.15, 0.2) is 0 Å². The van der Waals surface area contributed by atoms with E-state index in [0.717, 1.165) is 25.7 Å². The quantitative estimate of drug-likeness (QED) is 0.0837. The van der Waals surface area contributed by atoms with E-state index in [1.54, 1.807) is 0 Å². The first-order valence-corrected chi connectivity index (χ1v) is 16.8. The Morgan fingerprint density at radius 3 is 1.13 bits per heavy atom. The van der Waals surface area contributed by atoms with Crippen LogP contribution < -0.4 is 9.44 Å². The second-order valence-corrected chi connectivity index (χ2v) is 13.1. The molecule has 30 heavy (non-hydrogen) atoms. The van der Waals surface area contributed by atoms with Crippen LogP contribution in [-0.2, 0) is 9.59 Å². The predicted molar refractivity (Wildman–Crippen MR) is 141 cm³/mol. The minimum Gasteiger partial charge on any atom is -0.290 e. The molecule has 0 heterocycles. The van der Waals surface area contributed by atoms with Gasteiger partial charge in [-0.25, -0.2) is 0 Å². The van der Waals surface area contributed by atoms with Crippen LogP contribution in [0.2, 0.25) is 0 Å². The molecule has 0 aromatic rings. The third kappa shape index (κ3) is 24.6. The van der Waals surface area contributed by atoms with Crippen LogP contribution in [0.1, 0.15) is 129 Å². The van der Waals surface area contributed by atoms with Crippen molar-refractivity contribution in [3.05, 3.63) is 0 Å². The highest BCUT2D eigenvalue weighted by Gasteiger charge is 2.04. The molecule has 0 saturated heterocycles. The maximum atomic E-state index is 11.8. The lowest BCUT2D eigenvalue weighted by Crippen LogP contribution is -2.14. The zero-order valence-electron chi connectivity index (χ0n) is 19.2. The highest BCUT2D eigenvalue weighted by atomic mass is 33.7. The third-order valence-corrected chi connectivity index (χ3v) is 10.0. The summed E-state index contributed by atoms with van der Waals surface area (Å²) in [5.74, 6) is 0.200. The molecule has 178 valence electrons. The molecule has 0 aromatic carbocycles. The lowest BCUT2D eigenvalue weighted by Gasteiger charge is -2.05. The Balaban J connectivity index is 3.28. The fourth-order valence-electron chi connectivity index (χ4n) is 3.10. The summed E-state index contributed by atoms with van der Waals surface area (Å²) in [6.45, 7) is 4.47. The highest BCUT2D eigenvalue weighted by Crippen LogP contribution is 2.39. The molecule has 0 spiro atoms. The molecule has 0 aromatic heterocycles. The van der Waals surface area contributed by atoms with E-state index in [2.05, 4.69) is 23.3 Å². The molecule has 0 unspecified atom stereocenters. The molecule has 0 radical (unpaired) electrons. The monoisotopic (exact) mass is 496 g/mol. The molecule has 0 aliphatic carbocycles. The average molecular weight is 497 g/mol. The van der Waals surface area contributed by atoms with E-state index in [9.17, 15) is 9.59 Å². The van der Waals surface area contributed by atoms with Crippen molar-refractivity contribution in [2.24, 2.45) is 0 Å². The molecular formula is C22H44N2O2S4. The Kier molecular flexibility index (Phi) is 25.9. The van der Waals surface area contributed by atoms with Gasteiger partial charge in [0, 0.05) is 54.5 Å². The van der Waals surface area contributed by atoms with Crippen molar-refractivity contribution in [1.29, 1.82) is 0 Å². The second kappa shape index (κ2) is 25.6. The molecule has 2 amide bonds. The van der Waals surface area contributed by atoms with Crippen LogP contribution in [0.25, 0.3) is 0 Å². The summed E-state index contributed by atoms with van der Waals surface area (Å²) in [4.78, 5) is 23.5. The van der Waals surface area contributed by atoms with E-state index in [0.29, 0.717) is 12.8 Å². The molecule has 2 N–H and O–H groups in total. The minimum absolute atomic E-state index is 0.0998. The van der Waals surface area contributed by atoms with Crippen molar-refractivity contribution in [3.63, 3.8) is 0 Å². The van der Waals surface area contributed by atoms with Crippen LogP contribution in [0.5, 0.6) is 0 Å². The van der Waals surface area contributed by atoms with E-state index in [-0.39, 0.29) is 11.8 Å². The number of nitrogens with one attached hydrogen (secondary N) is 2. The van der Waals surface area contributed by atoms with E-state index in [1.807, 2.05) is 0 Å². The molecule has 0 atom stereocenters. The maximum absolute atomic E-state index is 11.8. The molecule has 0 bridgehead atoms. The fraction of sp³-hybridized carbons (Fsp3) is 0.909. The smallest absolute Gasteiger partial charge is 0.230 e. The second-order valence-electron chi connectivity index (χ2n) is 7.80. The minimum atomic E-state index is 0.0998. The van der Waals surface area contributed by atoms with E-state index in [1.165, 1.54) is 119 Å². The summed E-state index contributed by atoms with van der Waals surface area (Å²) in [7, 11) is 5.60. The van der Waals surface area contributed by atoms with Crippen molar-refractivity contribution in [3.8, 4) is 0 Å². The van der Waals surface area contributed by atoms with E-state index < -0.39 is 0 Å². The van der Waals surface area contributed by atoms with Gasteiger partial charge in [-0.3, -0.25) is 19.0 Å². The highest BCUT2D eigenvalue weighted by molar-refractivity contribution is 9.25. The Labute approximate surface area is 201 Å². The van der Waals surface area contributed by atoms with Crippen molar-refractivity contribution in [2.75, 3.05) is 0 Å². The first-order chi connectivity index (χ1) is 14.7. The normalized spacial score (nSPS) is 10.9. The molecule has 0 aliphatic rings. The zero-order valence-corrected chi connectivity index (χ0v) is 22.4. The molecule has 0 fully saturated rings. The average Bonchev–Trinajstić information content (AvgIpc) is 2.74. The van der Waals surface area contributed by atoms with Crippen molar-refractivity contribution >= 4 is 53.4 Å². The van der Waals surface area contributed by atoms with Crippen LogP contribution >= 0.6 is 41.6 Å². The number of carbonyl (C=O) groups is 2. The first-order valence-electron chi connectivity index (χ1n) is 11.9. The van der Waals surface area contributed by atoms with Gasteiger partial charge in [0.15, 0.2) is 0 Å². The summed E-state index contributed by atoms with van der Waals surface area (Å²) in [6, 6.07) is 0. The van der Waals surface area contributed by atoms with Gasteiger partial charge in [0.25, 0.3) is 0 Å². The van der Waals surface area contributed by atoms with Gasteiger partial charge in [0.05, 0.1) is 0 Å². The van der Waals surface area contributed by atoms with Crippen LogP contribution in [0.3, 0.4) is 0 Å². The van der Waals surface area contributed by atoms with E-state index >= 15 is 0 Å². The maximum Gasteiger partial charge on any atom is 0.230 e. The van der Waals surface area contributed by atoms with E-state index in [4.69, 9.17) is 0 Å². The summed E-state index contributed by atoms with van der Waals surface area (Å²) in [5.41, 5.74) is 0. The van der Waals surface area contributed by atoms with Crippen molar-refractivity contribution in [2.45, 2.75) is 129 Å². The molecule has 0 saturated carbocycles. The number of carbonyl (C=O) groups excluding carboxylic acids is 2. The summed E-state index contributed by atoms with van der Waals surface area (Å²) >= 11 is 0. The van der Waals surface area contributed by atoms with Crippen molar-refractivity contribution in [1.82, 2.24) is 9.44 Å². The topological polar surface area (TPSA) is 58.2 Å². The number of hydrogen-bond acceptors (Lipinski definition) is 6. The Hall–Kier alpha value is 0.340. The summed E-state index contributed by atoms with van der Waals surface area (Å²) in [5, 5.41) is 0. The number of hydrogen-bond donors (Lipinski definition) is 2. The van der Waals surface area contributed by atoms with Crippen molar-refractivity contribution < 1.29 is 9.59 Å². The lowest BCUT2D eigenvalue weighted by molar-refractivity contribution is -0.120. The fourth-order valence-corrected chi connectivity index (χ4v) is 7.15. The number of unbranched alkanes of at least 4 members (excludes halogenated alkanes) is 14. The van der Waals surface area contributed by atoms with Crippen LogP contribution in [0.4, 0.5) is 0 Å². The zero-order chi connectivity index (χ0) is 22.1. The molecule has 8 heteroatoms. The number of rotatable bonds is 23. The van der Waals surface area contributed by atoms with Gasteiger partial charge in [0.1, 0.15) is 0 Å². The Bertz CT molecular complexity index is 365. The van der Waals surface area contributed by atoms with Gasteiger partial charge < -0.3 is 0 Å². The standard InChI is InChI=1S/C22H44N2O2S4/c1-3-5-7-9-11-13-15-17-19-21(25)23-27-29-30-28-24-22(26)20-18-16-14-12-10-8-6-4-2/h3-20H2,1-2H3,(H,23,25)(H,24,26). The third-order valence-electron chi connectivity index (χ3n) is 4.92. The largest absolute Gasteiger partial charge is 0.290 e. The Morgan fingerprint density at radius 2 is 0.800 bits per heavy atom. The van der Waals surface area contributed by atoms with Gasteiger partial charge in [-0.15, -0.1) is 0 Å². The summed E-state index contributed by atoms with van der Waals surface area (Å²) < 4.78 is 5.70. The van der Waals surface area contributed by atoms with Crippen LogP contribution in [-0.4, -0.2) is 11.8 Å². The number of amides is 2. The molecular weight excluding hydrogens is 453 g/mol. The van der Waals surface area contributed by atoms with Gasteiger partial charge in [-0.05, 0) is 12.8 Å².